The molecule has 1 saturated heterocycles. The van der Waals surface area contributed by atoms with Gasteiger partial charge in [0.15, 0.2) is 0 Å². The monoisotopic (exact) mass is 452 g/mol. The van der Waals surface area contributed by atoms with Crippen molar-refractivity contribution < 1.29 is 39.6 Å². The number of carbonyl (C=O) groups is 4. The van der Waals surface area contributed by atoms with Gasteiger partial charge in [0.1, 0.15) is 0 Å². The molecule has 10 nitrogen and oxygen atoms in total. The van der Waals surface area contributed by atoms with Crippen LogP contribution in [0.5, 0.6) is 0 Å². The quantitative estimate of drug-likeness (QED) is 0.355. The summed E-state index contributed by atoms with van der Waals surface area (Å²) in [5.74, 6) is -7.30. The molecule has 0 amide bonds. The van der Waals surface area contributed by atoms with Crippen molar-refractivity contribution in [3.63, 3.8) is 0 Å². The Morgan fingerprint density at radius 3 is 1.69 bits per heavy atom. The van der Waals surface area contributed by atoms with Crippen LogP contribution in [-0.2, 0) is 19.2 Å². The van der Waals surface area contributed by atoms with Crippen molar-refractivity contribution in [2.45, 2.75) is 26.2 Å². The van der Waals surface area contributed by atoms with Gasteiger partial charge in [-0.05, 0) is 18.5 Å². The first-order valence-electron chi connectivity index (χ1n) is 10.3. The minimum absolute atomic E-state index is 1.08. The van der Waals surface area contributed by atoms with Crippen LogP contribution in [0.15, 0.2) is 36.4 Å². The van der Waals surface area contributed by atoms with Gasteiger partial charge in [-0.15, -0.1) is 0 Å². The average Bonchev–Trinajstić information content (AvgIpc) is 2.76. The molecule has 0 aliphatic carbocycles. The summed E-state index contributed by atoms with van der Waals surface area (Å²) in [7, 11) is 0. The highest BCUT2D eigenvalue weighted by Gasteiger charge is 2.14. The largest absolute Gasteiger partial charge is 0.473 e. The Balaban J connectivity index is 0.000000662. The summed E-state index contributed by atoms with van der Waals surface area (Å²) in [6.07, 6.45) is 8.59. The molecular formula is C22H32N2O8. The van der Waals surface area contributed by atoms with Crippen LogP contribution in [0.1, 0.15) is 31.7 Å². The first kappa shape index (κ1) is 28.8. The van der Waals surface area contributed by atoms with Crippen molar-refractivity contribution in [3.8, 4) is 0 Å². The summed E-state index contributed by atoms with van der Waals surface area (Å²) in [6, 6.07) is 10.6. The average molecular weight is 453 g/mol. The molecule has 0 saturated carbocycles. The molecule has 2 rings (SSSR count). The molecule has 0 aromatic heterocycles. The highest BCUT2D eigenvalue weighted by Crippen LogP contribution is 2.06. The van der Waals surface area contributed by atoms with E-state index in [9.17, 15) is 0 Å². The van der Waals surface area contributed by atoms with Crippen molar-refractivity contribution in [3.05, 3.63) is 42.0 Å². The molecule has 0 bridgehead atoms. The Morgan fingerprint density at radius 2 is 1.25 bits per heavy atom. The van der Waals surface area contributed by atoms with Crippen LogP contribution in [0, 0.1) is 0 Å². The fourth-order valence-corrected chi connectivity index (χ4v) is 2.68. The van der Waals surface area contributed by atoms with Gasteiger partial charge in [0.25, 0.3) is 0 Å². The minimum atomic E-state index is -1.82. The Morgan fingerprint density at radius 1 is 0.781 bits per heavy atom. The van der Waals surface area contributed by atoms with E-state index in [1.807, 2.05) is 0 Å². The highest BCUT2D eigenvalue weighted by atomic mass is 16.4. The topological polar surface area (TPSA) is 156 Å². The number of carboxylic acids is 4. The Bertz CT molecular complexity index is 681. The van der Waals surface area contributed by atoms with Crippen LogP contribution >= 0.6 is 0 Å². The normalized spacial score (nSPS) is 13.9. The van der Waals surface area contributed by atoms with E-state index in [0.29, 0.717) is 0 Å². The van der Waals surface area contributed by atoms with Gasteiger partial charge in [0, 0.05) is 32.7 Å². The Kier molecular flexibility index (Phi) is 15.7. The zero-order valence-corrected chi connectivity index (χ0v) is 18.2. The van der Waals surface area contributed by atoms with E-state index in [1.54, 1.807) is 0 Å². The maximum Gasteiger partial charge on any atom is 0.414 e. The second-order valence-electron chi connectivity index (χ2n) is 6.88. The van der Waals surface area contributed by atoms with Gasteiger partial charge in [-0.1, -0.05) is 62.2 Å². The SMILES string of the molecule is CCCCCN1CCN(CC=Cc2ccccc2)CC1.O=C(O)C(=O)O.O=C(O)C(=O)O. The number of hydrogen-bond acceptors (Lipinski definition) is 6. The lowest BCUT2D eigenvalue weighted by molar-refractivity contribution is -0.159. The van der Waals surface area contributed by atoms with Gasteiger partial charge >= 0.3 is 23.9 Å². The second kappa shape index (κ2) is 17.4. The van der Waals surface area contributed by atoms with E-state index in [-0.39, 0.29) is 0 Å². The summed E-state index contributed by atoms with van der Waals surface area (Å²) < 4.78 is 0. The predicted octanol–water partition coefficient (Wildman–Crippen LogP) is 1.82. The van der Waals surface area contributed by atoms with Gasteiger partial charge in [0.2, 0.25) is 0 Å². The Labute approximate surface area is 187 Å². The summed E-state index contributed by atoms with van der Waals surface area (Å²) >= 11 is 0. The molecule has 0 atom stereocenters. The molecule has 1 fully saturated rings. The molecule has 0 radical (unpaired) electrons. The van der Waals surface area contributed by atoms with Crippen LogP contribution in [0.2, 0.25) is 0 Å². The Hall–Kier alpha value is -3.24. The van der Waals surface area contributed by atoms with Gasteiger partial charge in [-0.25, -0.2) is 19.2 Å². The summed E-state index contributed by atoms with van der Waals surface area (Å²) in [4.78, 5) is 41.6. The molecule has 1 aliphatic heterocycles. The van der Waals surface area contributed by atoms with Gasteiger partial charge < -0.3 is 25.3 Å². The lowest BCUT2D eigenvalue weighted by atomic mass is 10.2. The van der Waals surface area contributed by atoms with E-state index >= 15 is 0 Å². The van der Waals surface area contributed by atoms with Crippen molar-refractivity contribution in [1.29, 1.82) is 0 Å². The number of rotatable bonds is 7. The molecule has 1 aliphatic rings. The summed E-state index contributed by atoms with van der Waals surface area (Å²) in [5, 5.41) is 29.6. The lowest BCUT2D eigenvalue weighted by Gasteiger charge is -2.34. The zero-order valence-electron chi connectivity index (χ0n) is 18.2. The molecule has 1 aromatic rings. The molecule has 10 heteroatoms. The number of hydrogen-bond donors (Lipinski definition) is 4. The van der Waals surface area contributed by atoms with Gasteiger partial charge in [0.05, 0.1) is 0 Å². The van der Waals surface area contributed by atoms with Gasteiger partial charge in [-0.2, -0.15) is 0 Å². The molecule has 0 spiro atoms. The van der Waals surface area contributed by atoms with E-state index in [0.717, 1.165) is 6.54 Å². The van der Waals surface area contributed by atoms with Crippen LogP contribution in [0.3, 0.4) is 0 Å². The third-order valence-corrected chi connectivity index (χ3v) is 4.38. The zero-order chi connectivity index (χ0) is 24.4. The van der Waals surface area contributed by atoms with Crippen molar-refractivity contribution in [2.75, 3.05) is 39.3 Å². The third kappa shape index (κ3) is 15.6. The van der Waals surface area contributed by atoms with Crippen molar-refractivity contribution >= 4 is 30.0 Å². The van der Waals surface area contributed by atoms with E-state index in [2.05, 4.69) is 59.2 Å². The minimum Gasteiger partial charge on any atom is -0.473 e. The number of carboxylic acid groups (broad SMARTS) is 4. The van der Waals surface area contributed by atoms with E-state index in [4.69, 9.17) is 39.6 Å². The molecule has 32 heavy (non-hydrogen) atoms. The maximum atomic E-state index is 9.10. The number of aliphatic carboxylic acids is 4. The molecule has 1 aromatic carbocycles. The number of unbranched alkanes of at least 4 members (excludes halogenated alkanes) is 2. The number of nitrogens with zero attached hydrogens (tertiary/aromatic N) is 2. The van der Waals surface area contributed by atoms with Crippen LogP contribution < -0.4 is 0 Å². The smallest absolute Gasteiger partial charge is 0.414 e. The van der Waals surface area contributed by atoms with Crippen molar-refractivity contribution in [2.24, 2.45) is 0 Å². The summed E-state index contributed by atoms with van der Waals surface area (Å²) in [5.41, 5.74) is 1.30. The number of benzene rings is 1. The number of piperazine rings is 1. The molecular weight excluding hydrogens is 420 g/mol. The molecule has 1 heterocycles. The highest BCUT2D eigenvalue weighted by molar-refractivity contribution is 6.27. The maximum absolute atomic E-state index is 9.10. The van der Waals surface area contributed by atoms with Crippen LogP contribution in [-0.4, -0.2) is 93.4 Å². The molecule has 4 N–H and O–H groups in total. The van der Waals surface area contributed by atoms with E-state index in [1.165, 1.54) is 57.5 Å². The molecule has 0 unspecified atom stereocenters. The fourth-order valence-electron chi connectivity index (χ4n) is 2.68. The first-order chi connectivity index (χ1) is 15.2. The summed E-state index contributed by atoms with van der Waals surface area (Å²) in [6.45, 7) is 9.55. The third-order valence-electron chi connectivity index (χ3n) is 4.38. The first-order valence-corrected chi connectivity index (χ1v) is 10.3. The van der Waals surface area contributed by atoms with Crippen molar-refractivity contribution in [1.82, 2.24) is 9.80 Å². The van der Waals surface area contributed by atoms with Crippen LogP contribution in [0.4, 0.5) is 0 Å². The second-order valence-corrected chi connectivity index (χ2v) is 6.88. The molecule has 178 valence electrons. The lowest BCUT2D eigenvalue weighted by Crippen LogP contribution is -2.46. The standard InChI is InChI=1S/C18H28N2.2C2H2O4/c1-2-3-7-12-19-14-16-20(17-15-19)13-8-11-18-9-5-4-6-10-18;2*3-1(4)2(5)6/h4-6,8-11H,2-3,7,12-17H2,1H3;2*(H,3,4)(H,5,6). The predicted molar refractivity (Wildman–Crippen MR) is 118 cm³/mol. The fraction of sp³-hybridized carbons (Fsp3) is 0.455. The van der Waals surface area contributed by atoms with Crippen LogP contribution in [0.25, 0.3) is 6.08 Å². The van der Waals surface area contributed by atoms with E-state index < -0.39 is 23.9 Å². The van der Waals surface area contributed by atoms with Gasteiger partial charge in [-0.3, -0.25) is 4.90 Å².